The zero-order valence-corrected chi connectivity index (χ0v) is 10.5. The first-order valence-electron chi connectivity index (χ1n) is 5.71. The van der Waals surface area contributed by atoms with Crippen molar-refractivity contribution in [3.8, 4) is 0 Å². The van der Waals surface area contributed by atoms with Crippen molar-refractivity contribution < 1.29 is 24.6 Å². The van der Waals surface area contributed by atoms with Crippen molar-refractivity contribution in [1.82, 2.24) is 10.2 Å². The third-order valence-electron chi connectivity index (χ3n) is 2.94. The molecule has 0 radical (unpaired) electrons. The molecule has 7 heteroatoms. The minimum Gasteiger partial charge on any atom is -0.481 e. The van der Waals surface area contributed by atoms with Crippen molar-refractivity contribution in [3.05, 3.63) is 0 Å². The van der Waals surface area contributed by atoms with Crippen LogP contribution in [0.2, 0.25) is 0 Å². The van der Waals surface area contributed by atoms with Crippen molar-refractivity contribution in [2.24, 2.45) is 5.41 Å². The van der Waals surface area contributed by atoms with Crippen molar-refractivity contribution in [2.75, 3.05) is 13.1 Å². The minimum absolute atomic E-state index is 0.0167. The minimum atomic E-state index is -1.39. The first-order chi connectivity index (χ1) is 8.21. The lowest BCUT2D eigenvalue weighted by atomic mass is 9.93. The van der Waals surface area contributed by atoms with Gasteiger partial charge in [0.2, 0.25) is 0 Å². The van der Waals surface area contributed by atoms with Gasteiger partial charge in [0, 0.05) is 13.1 Å². The molecule has 1 aliphatic rings. The van der Waals surface area contributed by atoms with Crippen LogP contribution in [0.25, 0.3) is 0 Å². The highest BCUT2D eigenvalue weighted by atomic mass is 16.4. The van der Waals surface area contributed by atoms with E-state index >= 15 is 0 Å². The van der Waals surface area contributed by atoms with Crippen molar-refractivity contribution in [3.63, 3.8) is 0 Å². The number of hydrogen-bond donors (Lipinski definition) is 3. The Hall–Kier alpha value is -1.79. The molecule has 1 saturated heterocycles. The van der Waals surface area contributed by atoms with Gasteiger partial charge in [-0.15, -0.1) is 0 Å². The molecule has 1 heterocycles. The van der Waals surface area contributed by atoms with E-state index in [1.165, 1.54) is 4.90 Å². The summed E-state index contributed by atoms with van der Waals surface area (Å²) in [5.74, 6) is -2.60. The molecule has 102 valence electrons. The van der Waals surface area contributed by atoms with E-state index in [1.807, 2.05) is 13.8 Å². The summed E-state index contributed by atoms with van der Waals surface area (Å²) in [5, 5.41) is 19.6. The summed E-state index contributed by atoms with van der Waals surface area (Å²) in [5.41, 5.74) is 0.0167. The van der Waals surface area contributed by atoms with Crippen molar-refractivity contribution >= 4 is 18.0 Å². The van der Waals surface area contributed by atoms with Gasteiger partial charge in [-0.1, -0.05) is 13.8 Å². The predicted molar refractivity (Wildman–Crippen MR) is 62.2 cm³/mol. The molecule has 0 aliphatic carbocycles. The summed E-state index contributed by atoms with van der Waals surface area (Å²) in [6, 6.07) is -1.91. The standard InChI is InChI=1S/C11H18N2O5/c1-11(2)3-4-13(6-11)10(18)12-7(9(16)17)5-8(14)15/h7H,3-6H2,1-2H3,(H,12,18)(H,14,15)(H,16,17)/t7-/m1/s1. The molecule has 18 heavy (non-hydrogen) atoms. The van der Waals surface area contributed by atoms with Gasteiger partial charge in [0.25, 0.3) is 0 Å². The summed E-state index contributed by atoms with van der Waals surface area (Å²) in [6.07, 6.45) is 0.218. The molecule has 1 rings (SSSR count). The molecule has 0 saturated carbocycles. The Balaban J connectivity index is 2.57. The van der Waals surface area contributed by atoms with E-state index in [1.54, 1.807) is 0 Å². The molecule has 0 spiro atoms. The van der Waals surface area contributed by atoms with Crippen LogP contribution in [0, 0.1) is 5.41 Å². The third-order valence-corrected chi connectivity index (χ3v) is 2.94. The van der Waals surface area contributed by atoms with Crippen LogP contribution < -0.4 is 5.32 Å². The third kappa shape index (κ3) is 3.90. The van der Waals surface area contributed by atoms with Crippen LogP contribution in [-0.4, -0.2) is 52.2 Å². The molecule has 1 fully saturated rings. The highest BCUT2D eigenvalue weighted by molar-refractivity contribution is 5.86. The molecule has 1 aliphatic heterocycles. The number of carboxylic acid groups (broad SMARTS) is 2. The number of carboxylic acids is 2. The monoisotopic (exact) mass is 258 g/mol. The number of rotatable bonds is 4. The fraction of sp³-hybridized carbons (Fsp3) is 0.727. The maximum atomic E-state index is 11.8. The van der Waals surface area contributed by atoms with E-state index in [4.69, 9.17) is 10.2 Å². The largest absolute Gasteiger partial charge is 0.481 e. The lowest BCUT2D eigenvalue weighted by Gasteiger charge is -2.22. The van der Waals surface area contributed by atoms with Gasteiger partial charge in [0.15, 0.2) is 0 Å². The molecule has 0 aromatic carbocycles. The van der Waals surface area contributed by atoms with Crippen molar-refractivity contribution in [2.45, 2.75) is 32.7 Å². The zero-order valence-electron chi connectivity index (χ0n) is 10.5. The topological polar surface area (TPSA) is 107 Å². The van der Waals surface area contributed by atoms with Crippen molar-refractivity contribution in [1.29, 1.82) is 0 Å². The van der Waals surface area contributed by atoms with Gasteiger partial charge in [-0.3, -0.25) is 4.79 Å². The normalized spacial score (nSPS) is 19.3. The quantitative estimate of drug-likeness (QED) is 0.674. The Kier molecular flexibility index (Phi) is 4.15. The second-order valence-corrected chi connectivity index (χ2v) is 5.27. The van der Waals surface area contributed by atoms with Crippen LogP contribution in [0.4, 0.5) is 4.79 Å². The molecule has 3 N–H and O–H groups in total. The lowest BCUT2D eigenvalue weighted by molar-refractivity contribution is -0.145. The average Bonchev–Trinajstić information content (AvgIpc) is 2.57. The molecule has 0 unspecified atom stereocenters. The molecule has 2 amide bonds. The van der Waals surface area contributed by atoms with Crippen LogP contribution >= 0.6 is 0 Å². The second kappa shape index (κ2) is 5.24. The summed E-state index contributed by atoms with van der Waals surface area (Å²) >= 11 is 0. The number of urea groups is 1. The van der Waals surface area contributed by atoms with Crippen LogP contribution in [0.1, 0.15) is 26.7 Å². The Morgan fingerprint density at radius 3 is 2.33 bits per heavy atom. The maximum absolute atomic E-state index is 11.8. The fourth-order valence-electron chi connectivity index (χ4n) is 1.90. The van der Waals surface area contributed by atoms with Gasteiger partial charge in [-0.2, -0.15) is 0 Å². The zero-order chi connectivity index (χ0) is 13.9. The Labute approximate surface area is 105 Å². The summed E-state index contributed by atoms with van der Waals surface area (Å²) in [4.78, 5) is 34.6. The molecule has 1 atom stereocenters. The van der Waals surface area contributed by atoms with E-state index in [0.29, 0.717) is 13.1 Å². The van der Waals surface area contributed by atoms with Crippen LogP contribution in [0.15, 0.2) is 0 Å². The lowest BCUT2D eigenvalue weighted by Crippen LogP contribution is -2.48. The Morgan fingerprint density at radius 2 is 1.94 bits per heavy atom. The molecular weight excluding hydrogens is 240 g/mol. The van der Waals surface area contributed by atoms with Gasteiger partial charge in [-0.25, -0.2) is 9.59 Å². The number of hydrogen-bond acceptors (Lipinski definition) is 3. The van der Waals surface area contributed by atoms with Gasteiger partial charge in [0.1, 0.15) is 6.04 Å². The highest BCUT2D eigenvalue weighted by Gasteiger charge is 2.33. The maximum Gasteiger partial charge on any atom is 0.326 e. The number of likely N-dealkylation sites (tertiary alicyclic amines) is 1. The van der Waals surface area contributed by atoms with Crippen LogP contribution in [0.5, 0.6) is 0 Å². The van der Waals surface area contributed by atoms with Crippen LogP contribution in [0.3, 0.4) is 0 Å². The molecule has 7 nitrogen and oxygen atoms in total. The SMILES string of the molecule is CC1(C)CCN(C(=O)N[C@H](CC(=O)O)C(=O)O)C1. The number of carbonyl (C=O) groups is 3. The van der Waals surface area contributed by atoms with E-state index in [0.717, 1.165) is 6.42 Å². The fourth-order valence-corrected chi connectivity index (χ4v) is 1.90. The van der Waals surface area contributed by atoms with E-state index in [-0.39, 0.29) is 5.41 Å². The van der Waals surface area contributed by atoms with E-state index in [9.17, 15) is 14.4 Å². The predicted octanol–water partition coefficient (Wildman–Crippen LogP) is 0.356. The smallest absolute Gasteiger partial charge is 0.326 e. The molecule has 0 bridgehead atoms. The van der Waals surface area contributed by atoms with Crippen LogP contribution in [-0.2, 0) is 9.59 Å². The van der Waals surface area contributed by atoms with Gasteiger partial charge in [-0.05, 0) is 11.8 Å². The van der Waals surface area contributed by atoms with E-state index < -0.39 is 30.4 Å². The number of nitrogens with one attached hydrogen (secondary N) is 1. The van der Waals surface area contributed by atoms with Gasteiger partial charge in [0.05, 0.1) is 6.42 Å². The summed E-state index contributed by atoms with van der Waals surface area (Å²) in [6.45, 7) is 5.13. The second-order valence-electron chi connectivity index (χ2n) is 5.27. The number of aliphatic carboxylic acids is 2. The molecular formula is C11H18N2O5. The number of amides is 2. The Bertz CT molecular complexity index is 366. The van der Waals surface area contributed by atoms with Gasteiger partial charge < -0.3 is 20.4 Å². The van der Waals surface area contributed by atoms with Gasteiger partial charge >= 0.3 is 18.0 Å². The first-order valence-corrected chi connectivity index (χ1v) is 5.71. The van der Waals surface area contributed by atoms with E-state index in [2.05, 4.69) is 5.32 Å². The Morgan fingerprint density at radius 1 is 1.33 bits per heavy atom. The average molecular weight is 258 g/mol. The number of carbonyl (C=O) groups excluding carboxylic acids is 1. The summed E-state index contributed by atoms with van der Waals surface area (Å²) in [7, 11) is 0. The first kappa shape index (κ1) is 14.3. The highest BCUT2D eigenvalue weighted by Crippen LogP contribution is 2.28. The molecule has 0 aromatic rings. The summed E-state index contributed by atoms with van der Waals surface area (Å²) < 4.78 is 0. The number of nitrogens with zero attached hydrogens (tertiary/aromatic N) is 1. The molecule has 0 aromatic heterocycles.